The van der Waals surface area contributed by atoms with Gasteiger partial charge in [-0.15, -0.1) is 0 Å². The van der Waals surface area contributed by atoms with Crippen molar-refractivity contribution in [1.29, 1.82) is 0 Å². The van der Waals surface area contributed by atoms with Gasteiger partial charge in [0.2, 0.25) is 0 Å². The normalized spacial score (nSPS) is 18.4. The number of carbonyl (C=O) groups is 1. The Labute approximate surface area is 115 Å². The lowest BCUT2D eigenvalue weighted by Crippen LogP contribution is -2.52. The maximum atomic E-state index is 11.8. The van der Waals surface area contributed by atoms with Crippen LogP contribution in [0.4, 0.5) is 4.79 Å². The maximum Gasteiger partial charge on any atom is 0.409 e. The van der Waals surface area contributed by atoms with Gasteiger partial charge in [0.05, 0.1) is 6.61 Å². The van der Waals surface area contributed by atoms with Gasteiger partial charge < -0.3 is 9.64 Å². The molecule has 1 heterocycles. The zero-order valence-corrected chi connectivity index (χ0v) is 13.6. The number of hydrogen-bond donors (Lipinski definition) is 1. The molecule has 1 amide bonds. The minimum atomic E-state index is -3.65. The highest BCUT2D eigenvalue weighted by Gasteiger charge is 2.27. The molecule has 2 N–H and O–H groups in total. The first-order valence-corrected chi connectivity index (χ1v) is 11.5. The lowest BCUT2D eigenvalue weighted by atomic mass is 10.4. The van der Waals surface area contributed by atoms with Crippen molar-refractivity contribution in [1.82, 2.24) is 9.21 Å². The average molecular weight is 309 g/mol. The van der Waals surface area contributed by atoms with E-state index < -0.39 is 18.3 Å². The van der Waals surface area contributed by atoms with Crippen molar-refractivity contribution in [2.45, 2.75) is 25.7 Å². The summed E-state index contributed by atoms with van der Waals surface area (Å²) >= 11 is 0. The summed E-state index contributed by atoms with van der Waals surface area (Å²) in [4.78, 5) is 13.3. The fourth-order valence-electron chi connectivity index (χ4n) is 1.66. The minimum absolute atomic E-state index is 0.224. The van der Waals surface area contributed by atoms with Crippen molar-refractivity contribution in [2.75, 3.05) is 32.8 Å². The molecule has 1 fully saturated rings. The van der Waals surface area contributed by atoms with Gasteiger partial charge in [0.1, 0.15) is 0 Å². The van der Waals surface area contributed by atoms with Crippen LogP contribution in [-0.2, 0) is 14.9 Å². The van der Waals surface area contributed by atoms with Crippen molar-refractivity contribution < 1.29 is 17.9 Å². The number of nitrogens with zero attached hydrogens (tertiary/aromatic N) is 2. The van der Waals surface area contributed by atoms with Crippen molar-refractivity contribution in [3.63, 3.8) is 0 Å². The number of hydrogen-bond acceptors (Lipinski definition) is 4. The topological polar surface area (TPSA) is 92.9 Å². The number of carbonyl (C=O) groups excluding carboxylic acids is 1. The zero-order chi connectivity index (χ0) is 14.7. The summed E-state index contributed by atoms with van der Waals surface area (Å²) in [6.45, 7) is 8.17. The summed E-state index contributed by atoms with van der Waals surface area (Å²) in [5.74, 6) is 0. The standard InChI is InChI=1S/C10H23N3O4SSi/c1-19(2,3)9-8-17-10(14)12-4-6-13(7-5-12)18(11,15)16/h4-9H2,1-3H3,(H2,11,15,16). The highest BCUT2D eigenvalue weighted by atomic mass is 32.2. The van der Waals surface area contributed by atoms with Gasteiger partial charge in [0, 0.05) is 34.3 Å². The van der Waals surface area contributed by atoms with E-state index in [-0.39, 0.29) is 19.2 Å². The first-order chi connectivity index (χ1) is 8.59. The van der Waals surface area contributed by atoms with E-state index in [1.165, 1.54) is 9.21 Å². The summed E-state index contributed by atoms with van der Waals surface area (Å²) in [6.07, 6.45) is -0.368. The molecule has 0 spiro atoms. The second-order valence-electron chi connectivity index (χ2n) is 5.86. The molecule has 7 nitrogen and oxygen atoms in total. The number of nitrogens with two attached hydrogens (primary N) is 1. The molecule has 1 aliphatic heterocycles. The smallest absolute Gasteiger partial charge is 0.409 e. The van der Waals surface area contributed by atoms with Gasteiger partial charge in [0.15, 0.2) is 0 Å². The van der Waals surface area contributed by atoms with E-state index in [0.29, 0.717) is 19.7 Å². The number of piperazine rings is 1. The van der Waals surface area contributed by atoms with Crippen LogP contribution in [0.25, 0.3) is 0 Å². The molecule has 0 unspecified atom stereocenters. The maximum absolute atomic E-state index is 11.8. The van der Waals surface area contributed by atoms with Crippen LogP contribution < -0.4 is 5.14 Å². The first-order valence-electron chi connectivity index (χ1n) is 6.29. The first kappa shape index (κ1) is 16.4. The molecule has 19 heavy (non-hydrogen) atoms. The second-order valence-corrected chi connectivity index (χ2v) is 13.0. The van der Waals surface area contributed by atoms with Crippen LogP contribution in [0.15, 0.2) is 0 Å². The van der Waals surface area contributed by atoms with Crippen molar-refractivity contribution in [3.05, 3.63) is 0 Å². The lowest BCUT2D eigenvalue weighted by Gasteiger charge is -2.32. The zero-order valence-electron chi connectivity index (χ0n) is 11.8. The minimum Gasteiger partial charge on any atom is -0.450 e. The molecule has 0 saturated carbocycles. The molecule has 0 aliphatic carbocycles. The molecule has 0 aromatic carbocycles. The lowest BCUT2D eigenvalue weighted by molar-refractivity contribution is 0.0931. The largest absolute Gasteiger partial charge is 0.450 e. The Morgan fingerprint density at radius 3 is 2.16 bits per heavy atom. The van der Waals surface area contributed by atoms with Crippen molar-refractivity contribution in [3.8, 4) is 0 Å². The van der Waals surface area contributed by atoms with E-state index in [1.807, 2.05) is 0 Å². The molecule has 9 heteroatoms. The number of rotatable bonds is 4. The predicted octanol–water partition coefficient (Wildman–Crippen LogP) is 0.282. The molecule has 1 saturated heterocycles. The fourth-order valence-corrected chi connectivity index (χ4v) is 3.05. The van der Waals surface area contributed by atoms with Crippen LogP contribution in [-0.4, -0.2) is 64.6 Å². The Balaban J connectivity index is 2.33. The third-order valence-corrected chi connectivity index (χ3v) is 5.72. The molecule has 0 radical (unpaired) electrons. The Kier molecular flexibility index (Phi) is 5.36. The van der Waals surface area contributed by atoms with Gasteiger partial charge in [-0.25, -0.2) is 9.93 Å². The molecule has 0 aromatic rings. The molecule has 0 aromatic heterocycles. The Hall–Kier alpha value is -0.643. The van der Waals surface area contributed by atoms with Crippen LogP contribution in [0.2, 0.25) is 25.7 Å². The second kappa shape index (κ2) is 6.20. The summed E-state index contributed by atoms with van der Waals surface area (Å²) in [6, 6.07) is 0.926. The molecule has 1 aliphatic rings. The number of ether oxygens (including phenoxy) is 1. The van der Waals surface area contributed by atoms with Gasteiger partial charge in [-0.05, 0) is 6.04 Å². The fraction of sp³-hybridized carbons (Fsp3) is 0.900. The van der Waals surface area contributed by atoms with Gasteiger partial charge >= 0.3 is 6.09 Å². The monoisotopic (exact) mass is 309 g/mol. The van der Waals surface area contributed by atoms with E-state index in [9.17, 15) is 13.2 Å². The van der Waals surface area contributed by atoms with E-state index in [4.69, 9.17) is 9.88 Å². The Morgan fingerprint density at radius 1 is 1.21 bits per heavy atom. The van der Waals surface area contributed by atoms with Crippen LogP contribution in [0.1, 0.15) is 0 Å². The van der Waals surface area contributed by atoms with Crippen LogP contribution in [0, 0.1) is 0 Å². The van der Waals surface area contributed by atoms with Crippen LogP contribution in [0.3, 0.4) is 0 Å². The third-order valence-electron chi connectivity index (χ3n) is 2.93. The van der Waals surface area contributed by atoms with E-state index >= 15 is 0 Å². The predicted molar refractivity (Wildman–Crippen MR) is 75.8 cm³/mol. The summed E-state index contributed by atoms with van der Waals surface area (Å²) in [7, 11) is -4.86. The summed E-state index contributed by atoms with van der Waals surface area (Å²) < 4.78 is 28.6. The van der Waals surface area contributed by atoms with E-state index in [2.05, 4.69) is 19.6 Å². The van der Waals surface area contributed by atoms with Crippen molar-refractivity contribution in [2.24, 2.45) is 5.14 Å². The van der Waals surface area contributed by atoms with Gasteiger partial charge in [-0.3, -0.25) is 0 Å². The van der Waals surface area contributed by atoms with Crippen molar-refractivity contribution >= 4 is 24.4 Å². The summed E-state index contributed by atoms with van der Waals surface area (Å²) in [5, 5.41) is 5.03. The molecule has 112 valence electrons. The molecule has 1 rings (SSSR count). The average Bonchev–Trinajstić information content (AvgIpc) is 2.26. The van der Waals surface area contributed by atoms with Gasteiger partial charge in [0.25, 0.3) is 10.2 Å². The quantitative estimate of drug-likeness (QED) is 0.755. The van der Waals surface area contributed by atoms with E-state index in [0.717, 1.165) is 6.04 Å². The third kappa shape index (κ3) is 5.89. The highest BCUT2D eigenvalue weighted by molar-refractivity contribution is 7.86. The van der Waals surface area contributed by atoms with E-state index in [1.54, 1.807) is 0 Å². The van der Waals surface area contributed by atoms with Crippen LogP contribution in [0.5, 0.6) is 0 Å². The van der Waals surface area contributed by atoms with Crippen LogP contribution >= 0.6 is 0 Å². The molecule has 0 bridgehead atoms. The van der Waals surface area contributed by atoms with Gasteiger partial charge in [-0.2, -0.15) is 12.7 Å². The molecular weight excluding hydrogens is 286 g/mol. The SMILES string of the molecule is C[Si](C)(C)CCOC(=O)N1CCN(S(N)(=O)=O)CC1. The number of amides is 1. The molecular formula is C10H23N3O4SSi. The Morgan fingerprint density at radius 2 is 1.74 bits per heavy atom. The Bertz CT molecular complexity index is 413. The summed E-state index contributed by atoms with van der Waals surface area (Å²) in [5.41, 5.74) is 0. The highest BCUT2D eigenvalue weighted by Crippen LogP contribution is 2.10. The van der Waals surface area contributed by atoms with Gasteiger partial charge in [-0.1, -0.05) is 19.6 Å². The molecule has 0 atom stereocenters.